The van der Waals surface area contributed by atoms with Crippen LogP contribution in [0.15, 0.2) is 36.5 Å². The second kappa shape index (κ2) is 6.23. The fourth-order valence-corrected chi connectivity index (χ4v) is 1.39. The molecule has 0 N–H and O–H groups in total. The minimum Gasteiger partial charge on any atom is -0.464 e. The van der Waals surface area contributed by atoms with Gasteiger partial charge in [0.05, 0.1) is 7.11 Å². The van der Waals surface area contributed by atoms with Crippen molar-refractivity contribution in [2.75, 3.05) is 12.0 Å². The Balaban J connectivity index is 3.12. The molecule has 0 aromatic heterocycles. The van der Waals surface area contributed by atoms with Gasteiger partial charge in [0.1, 0.15) is 11.3 Å². The molecule has 0 aliphatic heterocycles. The first-order valence-electron chi connectivity index (χ1n) is 6.03. The Hall–Kier alpha value is -2.30. The molecule has 1 amide bonds. The van der Waals surface area contributed by atoms with Gasteiger partial charge in [-0.25, -0.2) is 9.59 Å². The number of esters is 1. The molecule has 0 bridgehead atoms. The summed E-state index contributed by atoms with van der Waals surface area (Å²) in [6, 6.07) is 9.56. The topological polar surface area (TPSA) is 55.8 Å². The average molecular weight is 276 g/mol. The van der Waals surface area contributed by atoms with Gasteiger partial charge in [-0.05, 0) is 20.8 Å². The van der Waals surface area contributed by atoms with Crippen LogP contribution in [0.1, 0.15) is 20.8 Å². The molecular weight excluding hydrogens is 258 g/mol. The third-order valence-corrected chi connectivity index (χ3v) is 2.20. The molecule has 20 heavy (non-hydrogen) atoms. The first-order chi connectivity index (χ1) is 9.26. The van der Waals surface area contributed by atoms with E-state index in [9.17, 15) is 9.59 Å². The second-order valence-corrected chi connectivity index (χ2v) is 5.00. The third kappa shape index (κ3) is 4.12. The number of hydrogen-bond donors (Lipinski definition) is 0. The van der Waals surface area contributed by atoms with E-state index in [-0.39, 0.29) is 5.70 Å². The highest BCUT2D eigenvalue weighted by molar-refractivity contribution is 6.03. The van der Waals surface area contributed by atoms with Gasteiger partial charge in [-0.15, -0.1) is 6.07 Å². The van der Waals surface area contributed by atoms with Crippen molar-refractivity contribution in [2.24, 2.45) is 0 Å². The molecule has 0 atom stereocenters. The monoisotopic (exact) mass is 276 g/mol. The minimum absolute atomic E-state index is 0.135. The van der Waals surface area contributed by atoms with Crippen LogP contribution in [-0.4, -0.2) is 24.8 Å². The average Bonchev–Trinajstić information content (AvgIpc) is 2.37. The van der Waals surface area contributed by atoms with Crippen molar-refractivity contribution in [3.05, 3.63) is 42.6 Å². The third-order valence-electron chi connectivity index (χ3n) is 2.20. The molecule has 0 saturated heterocycles. The number of para-hydroxylation sites is 1. The Labute approximate surface area is 118 Å². The van der Waals surface area contributed by atoms with Gasteiger partial charge in [-0.1, -0.05) is 12.3 Å². The van der Waals surface area contributed by atoms with Gasteiger partial charge >= 0.3 is 12.1 Å². The molecule has 5 nitrogen and oxygen atoms in total. The summed E-state index contributed by atoms with van der Waals surface area (Å²) in [6.45, 7) is 8.79. The molecule has 1 aromatic rings. The summed E-state index contributed by atoms with van der Waals surface area (Å²) in [7, 11) is 1.22. The zero-order valence-corrected chi connectivity index (χ0v) is 12.1. The SMILES string of the molecule is C=C(C(=O)OC)N(C(=O)OC(C)(C)C)c1[c-]cccc1. The molecule has 0 fully saturated rings. The van der Waals surface area contributed by atoms with Crippen LogP contribution in [0.2, 0.25) is 0 Å². The van der Waals surface area contributed by atoms with Crippen molar-refractivity contribution in [1.29, 1.82) is 0 Å². The lowest BCUT2D eigenvalue weighted by Gasteiger charge is -2.29. The van der Waals surface area contributed by atoms with E-state index in [1.54, 1.807) is 45.0 Å². The summed E-state index contributed by atoms with van der Waals surface area (Å²) in [5, 5.41) is 0. The highest BCUT2D eigenvalue weighted by atomic mass is 16.6. The van der Waals surface area contributed by atoms with Crippen molar-refractivity contribution in [3.63, 3.8) is 0 Å². The zero-order valence-electron chi connectivity index (χ0n) is 12.1. The Kier molecular flexibility index (Phi) is 4.91. The van der Waals surface area contributed by atoms with Crippen molar-refractivity contribution < 1.29 is 19.1 Å². The first-order valence-corrected chi connectivity index (χ1v) is 6.03. The van der Waals surface area contributed by atoms with Crippen LogP contribution in [-0.2, 0) is 14.3 Å². The highest BCUT2D eigenvalue weighted by Crippen LogP contribution is 2.21. The molecule has 0 heterocycles. The lowest BCUT2D eigenvalue weighted by atomic mass is 10.2. The van der Waals surface area contributed by atoms with Crippen molar-refractivity contribution >= 4 is 17.7 Å². The standard InChI is InChI=1S/C15H18NO4/c1-11(13(17)19-5)16(12-9-7-6-8-10-12)14(18)20-15(2,3)4/h6-9H,1H2,2-5H3/q-1. The Morgan fingerprint density at radius 2 is 1.95 bits per heavy atom. The second-order valence-electron chi connectivity index (χ2n) is 5.00. The number of carbonyl (C=O) groups is 2. The molecule has 0 unspecified atom stereocenters. The normalized spacial score (nSPS) is 10.6. The number of hydrogen-bond acceptors (Lipinski definition) is 4. The maximum absolute atomic E-state index is 12.2. The molecule has 5 heteroatoms. The van der Waals surface area contributed by atoms with Gasteiger partial charge in [0, 0.05) is 0 Å². The molecule has 108 valence electrons. The van der Waals surface area contributed by atoms with Crippen molar-refractivity contribution in [2.45, 2.75) is 26.4 Å². The summed E-state index contributed by atoms with van der Waals surface area (Å²) >= 11 is 0. The maximum Gasteiger partial charge on any atom is 0.417 e. The van der Waals surface area contributed by atoms with Crippen LogP contribution >= 0.6 is 0 Å². The molecule has 1 rings (SSSR count). The molecule has 0 spiro atoms. The Bertz CT molecular complexity index is 502. The van der Waals surface area contributed by atoms with E-state index in [4.69, 9.17) is 4.74 Å². The molecule has 0 radical (unpaired) electrons. The van der Waals surface area contributed by atoms with Crippen molar-refractivity contribution in [1.82, 2.24) is 0 Å². The number of benzene rings is 1. The van der Waals surface area contributed by atoms with Gasteiger partial charge in [0.15, 0.2) is 0 Å². The lowest BCUT2D eigenvalue weighted by molar-refractivity contribution is -0.136. The van der Waals surface area contributed by atoms with Gasteiger partial charge in [-0.2, -0.15) is 24.3 Å². The van der Waals surface area contributed by atoms with Gasteiger partial charge in [0.25, 0.3) is 0 Å². The first kappa shape index (κ1) is 15.8. The fourth-order valence-electron chi connectivity index (χ4n) is 1.39. The van der Waals surface area contributed by atoms with Gasteiger partial charge in [0.2, 0.25) is 0 Å². The van der Waals surface area contributed by atoms with Crippen molar-refractivity contribution in [3.8, 4) is 0 Å². The Morgan fingerprint density at radius 3 is 2.40 bits per heavy atom. The van der Waals surface area contributed by atoms with E-state index < -0.39 is 17.7 Å². The van der Waals surface area contributed by atoms with E-state index in [0.29, 0.717) is 5.69 Å². The number of anilines is 1. The van der Waals surface area contributed by atoms with Crippen LogP contribution < -0.4 is 4.90 Å². The smallest absolute Gasteiger partial charge is 0.417 e. The van der Waals surface area contributed by atoms with E-state index >= 15 is 0 Å². The molecule has 0 saturated carbocycles. The van der Waals surface area contributed by atoms with Crippen LogP contribution in [0.3, 0.4) is 0 Å². The van der Waals surface area contributed by atoms with E-state index in [1.807, 2.05) is 0 Å². The van der Waals surface area contributed by atoms with Gasteiger partial charge < -0.3 is 9.47 Å². The number of carbonyl (C=O) groups excluding carboxylic acids is 2. The molecule has 1 aromatic carbocycles. The highest BCUT2D eigenvalue weighted by Gasteiger charge is 2.27. The lowest BCUT2D eigenvalue weighted by Crippen LogP contribution is -2.38. The zero-order chi connectivity index (χ0) is 15.3. The summed E-state index contributed by atoms with van der Waals surface area (Å²) in [6.07, 6.45) is -0.713. The van der Waals surface area contributed by atoms with Crippen LogP contribution in [0, 0.1) is 6.07 Å². The number of ether oxygens (including phenoxy) is 2. The maximum atomic E-state index is 12.2. The van der Waals surface area contributed by atoms with Crippen LogP contribution in [0.25, 0.3) is 0 Å². The molecular formula is C15H18NO4-. The Morgan fingerprint density at radius 1 is 1.30 bits per heavy atom. The predicted molar refractivity (Wildman–Crippen MR) is 75.1 cm³/mol. The predicted octanol–water partition coefficient (Wildman–Crippen LogP) is 2.91. The van der Waals surface area contributed by atoms with E-state index in [1.165, 1.54) is 7.11 Å². The summed E-state index contributed by atoms with van der Waals surface area (Å²) < 4.78 is 9.86. The number of amides is 1. The van der Waals surface area contributed by atoms with E-state index in [0.717, 1.165) is 4.90 Å². The van der Waals surface area contributed by atoms with Crippen LogP contribution in [0.4, 0.5) is 10.5 Å². The largest absolute Gasteiger partial charge is 0.464 e. The minimum atomic E-state index is -0.715. The van der Waals surface area contributed by atoms with Gasteiger partial charge in [-0.3, -0.25) is 4.90 Å². The molecule has 0 aliphatic carbocycles. The number of nitrogens with zero attached hydrogens (tertiary/aromatic N) is 1. The summed E-state index contributed by atoms with van der Waals surface area (Å²) in [5.41, 5.74) is -0.470. The summed E-state index contributed by atoms with van der Waals surface area (Å²) in [5.74, 6) is -0.715. The van der Waals surface area contributed by atoms with Crippen LogP contribution in [0.5, 0.6) is 0 Å². The fraction of sp³-hybridized carbons (Fsp3) is 0.333. The van der Waals surface area contributed by atoms with E-state index in [2.05, 4.69) is 17.4 Å². The number of methoxy groups -OCH3 is 1. The molecule has 0 aliphatic rings. The quantitative estimate of drug-likeness (QED) is 0.484. The summed E-state index contributed by atoms with van der Waals surface area (Å²) in [4.78, 5) is 24.9. The number of rotatable bonds is 3.